The van der Waals surface area contributed by atoms with Gasteiger partial charge >= 0.3 is 12.0 Å². The van der Waals surface area contributed by atoms with Gasteiger partial charge in [0.2, 0.25) is 0 Å². The largest absolute Gasteiger partial charge is 0.480 e. The molecule has 1 rings (SSSR count). The Morgan fingerprint density at radius 3 is 2.83 bits per heavy atom. The number of aromatic nitrogens is 1. The molecule has 0 aliphatic heterocycles. The first-order valence-electron chi connectivity index (χ1n) is 5.44. The van der Waals surface area contributed by atoms with E-state index in [1.807, 2.05) is 6.92 Å². The molecule has 8 heteroatoms. The predicted octanol–water partition coefficient (Wildman–Crippen LogP) is 2.67. The Morgan fingerprint density at radius 1 is 1.61 bits per heavy atom. The number of aliphatic carboxylic acids is 1. The molecule has 0 fully saturated rings. The first-order chi connectivity index (χ1) is 8.52. The van der Waals surface area contributed by atoms with Gasteiger partial charge in [0.1, 0.15) is 6.04 Å². The van der Waals surface area contributed by atoms with E-state index in [1.54, 1.807) is 6.20 Å². The second kappa shape index (κ2) is 7.32. The third-order valence-electron chi connectivity index (χ3n) is 2.15. The first-order valence-corrected chi connectivity index (χ1v) is 7.05. The van der Waals surface area contributed by atoms with Gasteiger partial charge in [-0.2, -0.15) is 0 Å². The molecule has 1 aromatic rings. The molecule has 0 radical (unpaired) electrons. The van der Waals surface area contributed by atoms with Crippen molar-refractivity contribution in [1.29, 1.82) is 0 Å². The van der Waals surface area contributed by atoms with Crippen molar-refractivity contribution in [2.45, 2.75) is 32.2 Å². The van der Waals surface area contributed by atoms with Gasteiger partial charge in [-0.3, -0.25) is 5.32 Å². The highest BCUT2D eigenvalue weighted by atomic mass is 79.9. The third-order valence-corrected chi connectivity index (χ3v) is 3.54. The van der Waals surface area contributed by atoms with E-state index in [4.69, 9.17) is 5.11 Å². The van der Waals surface area contributed by atoms with Crippen LogP contribution in [0.5, 0.6) is 0 Å². The second-order valence-electron chi connectivity index (χ2n) is 3.60. The minimum absolute atomic E-state index is 0.416. The van der Waals surface area contributed by atoms with Crippen LogP contribution in [0.2, 0.25) is 0 Å². The van der Waals surface area contributed by atoms with E-state index >= 15 is 0 Å². The number of nitrogens with one attached hydrogen (secondary N) is 2. The predicted molar refractivity (Wildman–Crippen MR) is 72.9 cm³/mol. The van der Waals surface area contributed by atoms with Gasteiger partial charge < -0.3 is 10.4 Å². The van der Waals surface area contributed by atoms with Crippen molar-refractivity contribution in [2.24, 2.45) is 0 Å². The fourth-order valence-corrected chi connectivity index (χ4v) is 2.37. The Morgan fingerprint density at radius 2 is 2.33 bits per heavy atom. The number of nitrogens with zero attached hydrogens (tertiary/aromatic N) is 1. The minimum atomic E-state index is -1.03. The van der Waals surface area contributed by atoms with Crippen molar-refractivity contribution in [3.63, 3.8) is 0 Å². The van der Waals surface area contributed by atoms with Crippen LogP contribution in [-0.4, -0.2) is 28.1 Å². The van der Waals surface area contributed by atoms with Gasteiger partial charge in [-0.25, -0.2) is 14.6 Å². The summed E-state index contributed by atoms with van der Waals surface area (Å²) in [5, 5.41) is 14.3. The molecule has 0 aromatic carbocycles. The van der Waals surface area contributed by atoms with Gasteiger partial charge in [0.25, 0.3) is 0 Å². The molecule has 0 aliphatic carbocycles. The van der Waals surface area contributed by atoms with E-state index < -0.39 is 18.0 Å². The quantitative estimate of drug-likeness (QED) is 0.745. The van der Waals surface area contributed by atoms with Crippen LogP contribution in [0.1, 0.15) is 26.2 Å². The van der Waals surface area contributed by atoms with Crippen LogP contribution in [0.3, 0.4) is 0 Å². The lowest BCUT2D eigenvalue weighted by molar-refractivity contribution is -0.139. The van der Waals surface area contributed by atoms with E-state index in [9.17, 15) is 9.59 Å². The summed E-state index contributed by atoms with van der Waals surface area (Å²) in [6, 6.07) is -1.42. The molecule has 0 saturated carbocycles. The molecule has 18 heavy (non-hydrogen) atoms. The molecular weight excluding hydrogens is 322 g/mol. The fraction of sp³-hybridized carbons (Fsp3) is 0.500. The van der Waals surface area contributed by atoms with Crippen molar-refractivity contribution >= 4 is 44.4 Å². The molecule has 1 aromatic heterocycles. The van der Waals surface area contributed by atoms with E-state index in [2.05, 4.69) is 31.5 Å². The number of carbonyl (C=O) groups is 2. The highest BCUT2D eigenvalue weighted by Gasteiger charge is 2.19. The molecule has 2 amide bonds. The topological polar surface area (TPSA) is 91.3 Å². The Balaban J connectivity index is 2.48. The number of carbonyl (C=O) groups excluding carboxylic acids is 1. The molecule has 6 nitrogen and oxygen atoms in total. The maximum absolute atomic E-state index is 11.6. The highest BCUT2D eigenvalue weighted by molar-refractivity contribution is 9.11. The van der Waals surface area contributed by atoms with Crippen LogP contribution in [0.15, 0.2) is 9.98 Å². The Kier molecular flexibility index (Phi) is 6.06. The minimum Gasteiger partial charge on any atom is -0.480 e. The van der Waals surface area contributed by atoms with Crippen molar-refractivity contribution in [3.05, 3.63) is 9.98 Å². The number of carboxylic acids is 1. The van der Waals surface area contributed by atoms with Gasteiger partial charge in [-0.05, 0) is 22.4 Å². The summed E-state index contributed by atoms with van der Waals surface area (Å²) in [6.07, 6.45) is 3.61. The summed E-state index contributed by atoms with van der Waals surface area (Å²) >= 11 is 4.48. The number of anilines is 1. The molecule has 1 unspecified atom stereocenters. The number of halogens is 1. The molecule has 100 valence electrons. The van der Waals surface area contributed by atoms with Crippen LogP contribution in [0, 0.1) is 0 Å². The van der Waals surface area contributed by atoms with E-state index in [0.29, 0.717) is 11.6 Å². The summed E-state index contributed by atoms with van der Waals surface area (Å²) in [4.78, 5) is 26.4. The van der Waals surface area contributed by atoms with Crippen LogP contribution in [0.4, 0.5) is 9.93 Å². The molecule has 0 bridgehead atoms. The van der Waals surface area contributed by atoms with E-state index in [0.717, 1.165) is 16.6 Å². The summed E-state index contributed by atoms with van der Waals surface area (Å²) in [6.45, 7) is 1.96. The Labute approximate surface area is 117 Å². The molecule has 0 saturated heterocycles. The zero-order chi connectivity index (χ0) is 13.5. The lowest BCUT2D eigenvalue weighted by Crippen LogP contribution is -2.42. The van der Waals surface area contributed by atoms with Crippen LogP contribution >= 0.6 is 27.3 Å². The molecule has 3 N–H and O–H groups in total. The van der Waals surface area contributed by atoms with Crippen molar-refractivity contribution in [3.8, 4) is 0 Å². The van der Waals surface area contributed by atoms with Gasteiger partial charge in [0.15, 0.2) is 5.13 Å². The standard InChI is InChI=1S/C10H14BrN3O3S/c1-2-3-4-6(8(15)16)13-9(17)14-10-12-5-7(11)18-10/h5-6H,2-4H2,1H3,(H,15,16)(H2,12,13,14,17). The number of amides is 2. The number of rotatable bonds is 6. The van der Waals surface area contributed by atoms with Crippen molar-refractivity contribution in [2.75, 3.05) is 5.32 Å². The maximum atomic E-state index is 11.6. The van der Waals surface area contributed by atoms with Gasteiger partial charge in [0.05, 0.1) is 9.98 Å². The lowest BCUT2D eigenvalue weighted by Gasteiger charge is -2.13. The van der Waals surface area contributed by atoms with Crippen LogP contribution in [0.25, 0.3) is 0 Å². The van der Waals surface area contributed by atoms with Crippen molar-refractivity contribution < 1.29 is 14.7 Å². The SMILES string of the molecule is CCCCC(NC(=O)Nc1ncc(Br)s1)C(=O)O. The normalized spacial score (nSPS) is 11.9. The lowest BCUT2D eigenvalue weighted by atomic mass is 10.1. The number of thiazole rings is 1. The summed E-state index contributed by atoms with van der Waals surface area (Å²) in [5.74, 6) is -1.03. The number of carboxylic acid groups (broad SMARTS) is 1. The molecular formula is C10H14BrN3O3S. The molecule has 1 heterocycles. The van der Waals surface area contributed by atoms with Crippen molar-refractivity contribution in [1.82, 2.24) is 10.3 Å². The molecule has 1 atom stereocenters. The van der Waals surface area contributed by atoms with E-state index in [1.165, 1.54) is 11.3 Å². The molecule has 0 aliphatic rings. The smallest absolute Gasteiger partial charge is 0.326 e. The summed E-state index contributed by atoms with van der Waals surface area (Å²) in [5.41, 5.74) is 0. The van der Waals surface area contributed by atoms with Crippen LogP contribution in [-0.2, 0) is 4.79 Å². The van der Waals surface area contributed by atoms with Crippen LogP contribution < -0.4 is 10.6 Å². The highest BCUT2D eigenvalue weighted by Crippen LogP contribution is 2.22. The zero-order valence-corrected chi connectivity index (χ0v) is 12.2. The average Bonchev–Trinajstić information content (AvgIpc) is 2.69. The van der Waals surface area contributed by atoms with E-state index in [-0.39, 0.29) is 0 Å². The Bertz CT molecular complexity index is 424. The van der Waals surface area contributed by atoms with Gasteiger partial charge in [0, 0.05) is 0 Å². The first kappa shape index (κ1) is 14.9. The van der Waals surface area contributed by atoms with Gasteiger partial charge in [-0.1, -0.05) is 31.1 Å². The van der Waals surface area contributed by atoms with Gasteiger partial charge in [-0.15, -0.1) is 0 Å². The fourth-order valence-electron chi connectivity index (χ4n) is 1.27. The average molecular weight is 336 g/mol. The third kappa shape index (κ3) is 5.01. The Hall–Kier alpha value is -1.15. The number of hydrogen-bond donors (Lipinski definition) is 3. The summed E-state index contributed by atoms with van der Waals surface area (Å²) in [7, 11) is 0. The number of urea groups is 1. The molecule has 0 spiro atoms. The number of hydrogen-bond acceptors (Lipinski definition) is 4. The second-order valence-corrected chi connectivity index (χ2v) is 6.01. The maximum Gasteiger partial charge on any atom is 0.326 e. The number of unbranched alkanes of at least 4 members (excludes halogenated alkanes) is 1. The monoisotopic (exact) mass is 335 g/mol. The zero-order valence-electron chi connectivity index (χ0n) is 9.77. The summed E-state index contributed by atoms with van der Waals surface area (Å²) < 4.78 is 0.790.